The normalized spacial score (nSPS) is 14.5. The number of hydrogen-bond acceptors (Lipinski definition) is 2. The maximum atomic E-state index is 11.4. The van der Waals surface area contributed by atoms with E-state index in [2.05, 4.69) is 25.8 Å². The highest BCUT2D eigenvalue weighted by atomic mass is 32.1. The lowest BCUT2D eigenvalue weighted by Crippen LogP contribution is -2.20. The van der Waals surface area contributed by atoms with Gasteiger partial charge in [-0.25, -0.2) is 0 Å². The van der Waals surface area contributed by atoms with E-state index in [1.54, 1.807) is 0 Å². The minimum absolute atomic E-state index is 0.0882. The summed E-state index contributed by atoms with van der Waals surface area (Å²) in [7, 11) is 0. The average molecular weight is 283 g/mol. The zero-order valence-electron chi connectivity index (χ0n) is 12.8. The van der Waals surface area contributed by atoms with Crippen molar-refractivity contribution < 1.29 is 0 Å². The van der Waals surface area contributed by atoms with E-state index in [1.807, 2.05) is 6.20 Å². The maximum Gasteiger partial charge on any atom is 0.304 e. The highest BCUT2D eigenvalue weighted by molar-refractivity contribution is 7.09. The molecule has 0 aromatic carbocycles. The number of unbranched alkanes of at least 4 members (excludes halogenated alkanes) is 5. The first-order valence-electron chi connectivity index (χ1n) is 7.81. The third-order valence-electron chi connectivity index (χ3n) is 4.03. The van der Waals surface area contributed by atoms with Crippen LogP contribution in [-0.2, 0) is 5.41 Å². The molecule has 0 aliphatic carbocycles. The van der Waals surface area contributed by atoms with Gasteiger partial charge >= 0.3 is 4.87 Å². The summed E-state index contributed by atoms with van der Waals surface area (Å²) in [5, 5.41) is 0. The maximum absolute atomic E-state index is 11.4. The van der Waals surface area contributed by atoms with Crippen LogP contribution in [0.1, 0.15) is 83.4 Å². The van der Waals surface area contributed by atoms with Gasteiger partial charge in [0.25, 0.3) is 0 Å². The molecular weight excluding hydrogens is 254 g/mol. The molecule has 1 aromatic rings. The number of rotatable bonds is 10. The van der Waals surface area contributed by atoms with E-state index in [0.29, 0.717) is 0 Å². The van der Waals surface area contributed by atoms with Gasteiger partial charge in [-0.1, -0.05) is 77.1 Å². The zero-order valence-corrected chi connectivity index (χ0v) is 13.6. The Hall–Kier alpha value is -0.570. The molecule has 1 atom stereocenters. The molecule has 1 rings (SSSR count). The molecule has 0 fully saturated rings. The van der Waals surface area contributed by atoms with Gasteiger partial charge in [-0.2, -0.15) is 0 Å². The largest absolute Gasteiger partial charge is 0.319 e. The summed E-state index contributed by atoms with van der Waals surface area (Å²) in [5.74, 6) is 0. The van der Waals surface area contributed by atoms with Gasteiger partial charge in [-0.3, -0.25) is 4.79 Å². The molecule has 0 saturated heterocycles. The summed E-state index contributed by atoms with van der Waals surface area (Å²) in [6, 6.07) is 0. The van der Waals surface area contributed by atoms with Crippen molar-refractivity contribution in [3.05, 3.63) is 20.7 Å². The molecule has 1 aromatic heterocycles. The number of aromatic nitrogens is 1. The third kappa shape index (κ3) is 5.52. The van der Waals surface area contributed by atoms with Gasteiger partial charge in [0.1, 0.15) is 0 Å². The second kappa shape index (κ2) is 8.57. The van der Waals surface area contributed by atoms with E-state index in [9.17, 15) is 4.79 Å². The zero-order chi connectivity index (χ0) is 14.1. The van der Waals surface area contributed by atoms with Crippen LogP contribution in [0.15, 0.2) is 11.0 Å². The van der Waals surface area contributed by atoms with Gasteiger partial charge in [0.05, 0.1) is 0 Å². The first-order chi connectivity index (χ1) is 9.12. The Morgan fingerprint density at radius 1 is 1.05 bits per heavy atom. The van der Waals surface area contributed by atoms with Crippen molar-refractivity contribution in [3.8, 4) is 0 Å². The predicted octanol–water partition coefficient (Wildman–Crippen LogP) is 5.24. The van der Waals surface area contributed by atoms with Gasteiger partial charge in [-0.05, 0) is 12.8 Å². The molecule has 0 aliphatic rings. The summed E-state index contributed by atoms with van der Waals surface area (Å²) < 4.78 is 0. The predicted molar refractivity (Wildman–Crippen MR) is 85.2 cm³/mol. The molecule has 0 spiro atoms. The lowest BCUT2D eigenvalue weighted by Gasteiger charge is -2.28. The second-order valence-corrected chi connectivity index (χ2v) is 6.89. The Labute approximate surface area is 121 Å². The quantitative estimate of drug-likeness (QED) is 0.585. The smallest absolute Gasteiger partial charge is 0.304 e. The summed E-state index contributed by atoms with van der Waals surface area (Å²) >= 11 is 1.41. The van der Waals surface area contributed by atoms with Gasteiger partial charge in [0.15, 0.2) is 0 Å². The van der Waals surface area contributed by atoms with Crippen LogP contribution in [0, 0.1) is 0 Å². The van der Waals surface area contributed by atoms with Crippen LogP contribution in [0.25, 0.3) is 0 Å². The van der Waals surface area contributed by atoms with Crippen molar-refractivity contribution in [1.29, 1.82) is 0 Å². The molecule has 0 saturated carbocycles. The van der Waals surface area contributed by atoms with E-state index in [0.717, 1.165) is 0 Å². The lowest BCUT2D eigenvalue weighted by atomic mass is 9.79. The van der Waals surface area contributed by atoms with Crippen LogP contribution < -0.4 is 4.87 Å². The molecule has 1 N–H and O–H groups in total. The topological polar surface area (TPSA) is 32.9 Å². The Balaban J connectivity index is 2.63. The fraction of sp³-hybridized carbons (Fsp3) is 0.812. The van der Waals surface area contributed by atoms with Crippen molar-refractivity contribution in [2.45, 2.75) is 84.0 Å². The van der Waals surface area contributed by atoms with Gasteiger partial charge in [-0.15, -0.1) is 0 Å². The van der Waals surface area contributed by atoms with Crippen LogP contribution >= 0.6 is 11.3 Å². The minimum Gasteiger partial charge on any atom is -0.319 e. The molecule has 110 valence electrons. The van der Waals surface area contributed by atoms with E-state index in [4.69, 9.17) is 0 Å². The Kier molecular flexibility index (Phi) is 7.44. The van der Waals surface area contributed by atoms with Crippen LogP contribution in [0.4, 0.5) is 0 Å². The summed E-state index contributed by atoms with van der Waals surface area (Å²) in [6.07, 6.45) is 13.4. The van der Waals surface area contributed by atoms with Crippen LogP contribution in [-0.4, -0.2) is 4.98 Å². The number of nitrogens with one attached hydrogen (secondary N) is 1. The molecular formula is C16H29NOS. The van der Waals surface area contributed by atoms with Crippen molar-refractivity contribution in [2.75, 3.05) is 0 Å². The third-order valence-corrected chi connectivity index (χ3v) is 5.17. The van der Waals surface area contributed by atoms with E-state index in [-0.39, 0.29) is 10.3 Å². The molecule has 0 radical (unpaired) electrons. The Bertz CT molecular complexity index is 395. The standard InChI is InChI=1S/C16H29NOS/c1-4-6-8-10-12-16(3,11-9-7-5-2)14-13-17-15(18)19-14/h13H,4-12H2,1-3H3,(H,17,18). The second-order valence-electron chi connectivity index (χ2n) is 5.87. The number of aromatic amines is 1. The summed E-state index contributed by atoms with van der Waals surface area (Å²) in [6.45, 7) is 6.83. The molecule has 1 unspecified atom stereocenters. The van der Waals surface area contributed by atoms with Crippen molar-refractivity contribution in [1.82, 2.24) is 4.98 Å². The lowest BCUT2D eigenvalue weighted by molar-refractivity contribution is 0.371. The van der Waals surface area contributed by atoms with Crippen LogP contribution in [0.2, 0.25) is 0 Å². The van der Waals surface area contributed by atoms with E-state index in [1.165, 1.54) is 74.0 Å². The SMILES string of the molecule is CCCCCCC(C)(CCCCC)c1c[nH]c(=O)s1. The van der Waals surface area contributed by atoms with Crippen LogP contribution in [0.3, 0.4) is 0 Å². The molecule has 0 amide bonds. The molecule has 0 bridgehead atoms. The fourth-order valence-electron chi connectivity index (χ4n) is 2.66. The van der Waals surface area contributed by atoms with Crippen molar-refractivity contribution in [2.24, 2.45) is 0 Å². The van der Waals surface area contributed by atoms with Crippen molar-refractivity contribution in [3.63, 3.8) is 0 Å². The fourth-order valence-corrected chi connectivity index (χ4v) is 3.55. The van der Waals surface area contributed by atoms with E-state index < -0.39 is 0 Å². The molecule has 2 nitrogen and oxygen atoms in total. The van der Waals surface area contributed by atoms with Gasteiger partial charge < -0.3 is 4.98 Å². The Morgan fingerprint density at radius 2 is 1.63 bits per heavy atom. The van der Waals surface area contributed by atoms with E-state index >= 15 is 0 Å². The monoisotopic (exact) mass is 283 g/mol. The summed E-state index contributed by atoms with van der Waals surface area (Å²) in [5.41, 5.74) is 0.201. The molecule has 3 heteroatoms. The molecule has 1 heterocycles. The highest BCUT2D eigenvalue weighted by Crippen LogP contribution is 2.36. The Morgan fingerprint density at radius 3 is 2.16 bits per heavy atom. The number of H-pyrrole nitrogens is 1. The van der Waals surface area contributed by atoms with Gasteiger partial charge in [0.2, 0.25) is 0 Å². The number of hydrogen-bond donors (Lipinski definition) is 1. The summed E-state index contributed by atoms with van der Waals surface area (Å²) in [4.78, 5) is 15.6. The first-order valence-corrected chi connectivity index (χ1v) is 8.63. The van der Waals surface area contributed by atoms with Crippen molar-refractivity contribution >= 4 is 11.3 Å². The molecule has 0 aliphatic heterocycles. The average Bonchev–Trinajstić information content (AvgIpc) is 2.82. The molecule has 19 heavy (non-hydrogen) atoms. The first kappa shape index (κ1) is 16.5. The number of thiazole rings is 1. The van der Waals surface area contributed by atoms with Crippen LogP contribution in [0.5, 0.6) is 0 Å². The minimum atomic E-state index is 0.0882. The highest BCUT2D eigenvalue weighted by Gasteiger charge is 2.27. The van der Waals surface area contributed by atoms with Gasteiger partial charge in [0, 0.05) is 16.5 Å².